The molecule has 0 aliphatic carbocycles. The molecule has 2 aliphatic heterocycles. The summed E-state index contributed by atoms with van der Waals surface area (Å²) in [5.74, 6) is 2.57. The molecule has 1 N–H and O–H groups in total. The van der Waals surface area contributed by atoms with Crippen LogP contribution in [0, 0.1) is 0 Å². The summed E-state index contributed by atoms with van der Waals surface area (Å²) in [5.41, 5.74) is 0.462. The second kappa shape index (κ2) is 5.24. The standard InChI is InChI=1S/C15H21NOS/c17-15(13-4-2-1-3-5-13)8-9-16(12-15)14-6-10-18-11-7-14/h1-5,14,17H,6-12H2/t15-/m0/s1. The predicted octanol–water partition coefficient (Wildman–Crippen LogP) is 2.48. The van der Waals surface area contributed by atoms with E-state index in [0.29, 0.717) is 6.04 Å². The second-order valence-corrected chi connectivity index (χ2v) is 6.69. The van der Waals surface area contributed by atoms with Gasteiger partial charge in [-0.3, -0.25) is 4.90 Å². The van der Waals surface area contributed by atoms with Gasteiger partial charge < -0.3 is 5.11 Å². The Bertz CT molecular complexity index is 391. The largest absolute Gasteiger partial charge is 0.384 e. The summed E-state index contributed by atoms with van der Waals surface area (Å²) in [6, 6.07) is 10.9. The van der Waals surface area contributed by atoms with E-state index in [1.807, 2.05) is 18.2 Å². The van der Waals surface area contributed by atoms with Gasteiger partial charge in [0.25, 0.3) is 0 Å². The summed E-state index contributed by atoms with van der Waals surface area (Å²) in [4.78, 5) is 2.51. The van der Waals surface area contributed by atoms with E-state index in [1.54, 1.807) is 0 Å². The SMILES string of the molecule is O[C@@]1(c2ccccc2)CCN(C2CCSCC2)C1. The van der Waals surface area contributed by atoms with Crippen LogP contribution in [0.4, 0.5) is 0 Å². The molecule has 0 saturated carbocycles. The van der Waals surface area contributed by atoms with Crippen LogP contribution in [-0.2, 0) is 5.60 Å². The quantitative estimate of drug-likeness (QED) is 0.887. The van der Waals surface area contributed by atoms with Gasteiger partial charge >= 0.3 is 0 Å². The molecule has 3 rings (SSSR count). The van der Waals surface area contributed by atoms with E-state index in [9.17, 15) is 5.11 Å². The third-order valence-corrected chi connectivity index (χ3v) is 5.34. The molecule has 1 aromatic carbocycles. The van der Waals surface area contributed by atoms with Crippen LogP contribution < -0.4 is 0 Å². The average Bonchev–Trinajstić information content (AvgIpc) is 2.85. The first-order chi connectivity index (χ1) is 8.78. The van der Waals surface area contributed by atoms with Crippen LogP contribution in [0.25, 0.3) is 0 Å². The number of rotatable bonds is 2. The van der Waals surface area contributed by atoms with Gasteiger partial charge in [0.1, 0.15) is 5.60 Å². The first-order valence-corrected chi connectivity index (χ1v) is 8.03. The number of aliphatic hydroxyl groups is 1. The van der Waals surface area contributed by atoms with Crippen molar-refractivity contribution in [2.45, 2.75) is 30.9 Å². The second-order valence-electron chi connectivity index (χ2n) is 5.46. The zero-order valence-corrected chi connectivity index (χ0v) is 11.5. The Balaban J connectivity index is 1.70. The van der Waals surface area contributed by atoms with Crippen molar-refractivity contribution in [2.24, 2.45) is 0 Å². The summed E-state index contributed by atoms with van der Waals surface area (Å²) >= 11 is 2.06. The highest BCUT2D eigenvalue weighted by Crippen LogP contribution is 2.35. The molecule has 3 heteroatoms. The zero-order valence-electron chi connectivity index (χ0n) is 10.7. The first kappa shape index (κ1) is 12.5. The van der Waals surface area contributed by atoms with Crippen molar-refractivity contribution in [3.63, 3.8) is 0 Å². The van der Waals surface area contributed by atoms with E-state index in [2.05, 4.69) is 28.8 Å². The summed E-state index contributed by atoms with van der Waals surface area (Å²) in [6.45, 7) is 1.85. The molecule has 98 valence electrons. The van der Waals surface area contributed by atoms with Crippen molar-refractivity contribution in [1.29, 1.82) is 0 Å². The number of nitrogens with zero attached hydrogens (tertiary/aromatic N) is 1. The highest BCUT2D eigenvalue weighted by atomic mass is 32.2. The average molecular weight is 263 g/mol. The molecule has 2 fully saturated rings. The zero-order chi connectivity index (χ0) is 12.4. The van der Waals surface area contributed by atoms with E-state index in [-0.39, 0.29) is 0 Å². The molecule has 0 radical (unpaired) electrons. The molecule has 2 saturated heterocycles. The summed E-state index contributed by atoms with van der Waals surface area (Å²) in [6.07, 6.45) is 3.45. The fourth-order valence-corrected chi connectivity index (χ4v) is 4.25. The van der Waals surface area contributed by atoms with Crippen molar-refractivity contribution in [3.05, 3.63) is 35.9 Å². The Morgan fingerprint density at radius 2 is 1.89 bits per heavy atom. The molecule has 2 aliphatic rings. The number of thioether (sulfide) groups is 1. The monoisotopic (exact) mass is 263 g/mol. The third-order valence-electron chi connectivity index (χ3n) is 4.30. The number of benzene rings is 1. The van der Waals surface area contributed by atoms with Gasteiger partial charge in [-0.2, -0.15) is 11.8 Å². The van der Waals surface area contributed by atoms with Crippen LogP contribution in [0.15, 0.2) is 30.3 Å². The van der Waals surface area contributed by atoms with Crippen molar-refractivity contribution >= 4 is 11.8 Å². The van der Waals surface area contributed by atoms with Crippen LogP contribution in [0.2, 0.25) is 0 Å². The summed E-state index contributed by atoms with van der Waals surface area (Å²) in [5, 5.41) is 10.8. The maximum Gasteiger partial charge on any atom is 0.103 e. The van der Waals surface area contributed by atoms with Crippen molar-refractivity contribution in [1.82, 2.24) is 4.90 Å². The molecule has 1 aromatic rings. The molecule has 0 unspecified atom stereocenters. The smallest absolute Gasteiger partial charge is 0.103 e. The van der Waals surface area contributed by atoms with Gasteiger partial charge in [-0.1, -0.05) is 30.3 Å². The molecule has 18 heavy (non-hydrogen) atoms. The van der Waals surface area contributed by atoms with Crippen LogP contribution in [-0.4, -0.2) is 40.6 Å². The maximum absolute atomic E-state index is 10.8. The van der Waals surface area contributed by atoms with Gasteiger partial charge in [0.15, 0.2) is 0 Å². The van der Waals surface area contributed by atoms with Gasteiger partial charge in [-0.25, -0.2) is 0 Å². The van der Waals surface area contributed by atoms with E-state index in [0.717, 1.165) is 25.1 Å². The van der Waals surface area contributed by atoms with Crippen LogP contribution in [0.3, 0.4) is 0 Å². The van der Waals surface area contributed by atoms with E-state index < -0.39 is 5.60 Å². The molecular weight excluding hydrogens is 242 g/mol. The lowest BCUT2D eigenvalue weighted by Gasteiger charge is -2.32. The molecular formula is C15H21NOS. The fraction of sp³-hybridized carbons (Fsp3) is 0.600. The first-order valence-electron chi connectivity index (χ1n) is 6.88. The van der Waals surface area contributed by atoms with E-state index >= 15 is 0 Å². The molecule has 1 atom stereocenters. The fourth-order valence-electron chi connectivity index (χ4n) is 3.17. The Morgan fingerprint density at radius 1 is 1.17 bits per heavy atom. The lowest BCUT2D eigenvalue weighted by atomic mass is 9.93. The minimum atomic E-state index is -0.619. The van der Waals surface area contributed by atoms with Gasteiger partial charge in [-0.15, -0.1) is 0 Å². The van der Waals surface area contributed by atoms with Crippen molar-refractivity contribution < 1.29 is 5.11 Å². The molecule has 2 heterocycles. The Hall–Kier alpha value is -0.510. The summed E-state index contributed by atoms with van der Waals surface area (Å²) in [7, 11) is 0. The Kier molecular flexibility index (Phi) is 3.64. The van der Waals surface area contributed by atoms with E-state index in [1.165, 1.54) is 24.3 Å². The van der Waals surface area contributed by atoms with Gasteiger partial charge in [0.05, 0.1) is 0 Å². The topological polar surface area (TPSA) is 23.5 Å². The van der Waals surface area contributed by atoms with Crippen molar-refractivity contribution in [3.8, 4) is 0 Å². The number of hydrogen-bond acceptors (Lipinski definition) is 3. The van der Waals surface area contributed by atoms with Gasteiger partial charge in [0, 0.05) is 19.1 Å². The van der Waals surface area contributed by atoms with Crippen LogP contribution in [0.1, 0.15) is 24.8 Å². The highest BCUT2D eigenvalue weighted by Gasteiger charge is 2.40. The molecule has 2 nitrogen and oxygen atoms in total. The minimum Gasteiger partial charge on any atom is -0.384 e. The maximum atomic E-state index is 10.8. The summed E-state index contributed by atoms with van der Waals surface area (Å²) < 4.78 is 0. The molecule has 0 aromatic heterocycles. The van der Waals surface area contributed by atoms with Gasteiger partial charge in [0.2, 0.25) is 0 Å². The van der Waals surface area contributed by atoms with Crippen LogP contribution >= 0.6 is 11.8 Å². The molecule has 0 spiro atoms. The highest BCUT2D eigenvalue weighted by molar-refractivity contribution is 7.99. The molecule has 0 bridgehead atoms. The Morgan fingerprint density at radius 3 is 2.61 bits per heavy atom. The van der Waals surface area contributed by atoms with Crippen molar-refractivity contribution in [2.75, 3.05) is 24.6 Å². The lowest BCUT2D eigenvalue weighted by Crippen LogP contribution is -2.39. The number of β-amino-alcohol motifs (C(OH)–C–C–N with tert-alkyl or cyclic N) is 1. The normalized spacial score (nSPS) is 30.7. The number of hydrogen-bond donors (Lipinski definition) is 1. The minimum absolute atomic E-state index is 0.619. The third kappa shape index (κ3) is 2.44. The Labute approximate surface area is 113 Å². The lowest BCUT2D eigenvalue weighted by molar-refractivity contribution is 0.0397. The van der Waals surface area contributed by atoms with Gasteiger partial charge in [-0.05, 0) is 36.3 Å². The van der Waals surface area contributed by atoms with Crippen LogP contribution in [0.5, 0.6) is 0 Å². The number of likely N-dealkylation sites (tertiary alicyclic amines) is 1. The van der Waals surface area contributed by atoms with E-state index in [4.69, 9.17) is 0 Å². The molecule has 0 amide bonds. The predicted molar refractivity (Wildman–Crippen MR) is 76.9 cm³/mol.